The maximum absolute atomic E-state index is 12.1. The van der Waals surface area contributed by atoms with Gasteiger partial charge in [-0.3, -0.25) is 4.79 Å². The van der Waals surface area contributed by atoms with E-state index in [2.05, 4.69) is 19.4 Å². The van der Waals surface area contributed by atoms with Gasteiger partial charge in [0.05, 0.1) is 22.5 Å². The van der Waals surface area contributed by atoms with Crippen molar-refractivity contribution in [2.45, 2.75) is 6.54 Å². The molecule has 0 spiro atoms. The molecular weight excluding hydrogens is 394 g/mol. The first-order valence-corrected chi connectivity index (χ1v) is 10.0. The second kappa shape index (κ2) is 7.19. The van der Waals surface area contributed by atoms with E-state index in [0.717, 1.165) is 37.7 Å². The van der Waals surface area contributed by atoms with Crippen LogP contribution in [-0.4, -0.2) is 14.6 Å². The first-order valence-electron chi connectivity index (χ1n) is 9.27. The molecule has 0 atom stereocenters. The SMILES string of the molecule is [C-]#[N+]c1c(-c2sncc2-c2ccc3c(=O)[nH]nc(CN)c3c2)ccc2ccccc12. The maximum atomic E-state index is 12.1. The molecular formula is C23H15N5OS. The standard InChI is InChI=1S/C23H15N5OS/c1-25-21-15-5-3-2-4-13(15)6-9-17(21)22-19(12-26-30-22)14-7-8-16-18(10-14)20(11-24)27-28-23(16)29/h2-10,12H,11,24H2,(H,28,29). The van der Waals surface area contributed by atoms with Gasteiger partial charge in [-0.2, -0.15) is 9.47 Å². The van der Waals surface area contributed by atoms with Crippen molar-refractivity contribution < 1.29 is 0 Å². The Kier molecular flexibility index (Phi) is 4.36. The monoisotopic (exact) mass is 409 g/mol. The lowest BCUT2D eigenvalue weighted by atomic mass is 9.97. The molecule has 0 bridgehead atoms. The van der Waals surface area contributed by atoms with E-state index in [9.17, 15) is 4.79 Å². The van der Waals surface area contributed by atoms with Gasteiger partial charge in [0.25, 0.3) is 5.56 Å². The van der Waals surface area contributed by atoms with Crippen LogP contribution in [0.25, 0.3) is 48.0 Å². The van der Waals surface area contributed by atoms with Crippen LogP contribution in [0, 0.1) is 6.57 Å². The fourth-order valence-corrected chi connectivity index (χ4v) is 4.54. The lowest BCUT2D eigenvalue weighted by Crippen LogP contribution is -2.13. The third-order valence-electron chi connectivity index (χ3n) is 5.20. The van der Waals surface area contributed by atoms with Gasteiger partial charge < -0.3 is 5.73 Å². The molecule has 5 aromatic rings. The number of aromatic nitrogens is 3. The van der Waals surface area contributed by atoms with Crippen molar-refractivity contribution in [1.82, 2.24) is 14.6 Å². The molecule has 144 valence electrons. The van der Waals surface area contributed by atoms with Crippen LogP contribution in [0.15, 0.2) is 65.6 Å². The topological polar surface area (TPSA) is 89.0 Å². The van der Waals surface area contributed by atoms with Gasteiger partial charge in [-0.15, -0.1) is 0 Å². The van der Waals surface area contributed by atoms with Crippen molar-refractivity contribution in [2.24, 2.45) is 5.73 Å². The summed E-state index contributed by atoms with van der Waals surface area (Å²) in [6, 6.07) is 17.5. The van der Waals surface area contributed by atoms with Crippen LogP contribution in [0.5, 0.6) is 0 Å². The van der Waals surface area contributed by atoms with Gasteiger partial charge in [0.2, 0.25) is 5.69 Å². The minimum absolute atomic E-state index is 0.220. The summed E-state index contributed by atoms with van der Waals surface area (Å²) in [6.07, 6.45) is 1.80. The molecule has 0 aliphatic rings. The summed E-state index contributed by atoms with van der Waals surface area (Å²) >= 11 is 1.35. The van der Waals surface area contributed by atoms with Crippen LogP contribution in [0.2, 0.25) is 0 Å². The van der Waals surface area contributed by atoms with Crippen LogP contribution in [0.4, 0.5) is 5.69 Å². The van der Waals surface area contributed by atoms with Crippen LogP contribution in [0.3, 0.4) is 0 Å². The highest BCUT2D eigenvalue weighted by atomic mass is 32.1. The van der Waals surface area contributed by atoms with E-state index in [1.165, 1.54) is 11.5 Å². The molecule has 3 N–H and O–H groups in total. The Morgan fingerprint density at radius 2 is 1.90 bits per heavy atom. The third kappa shape index (κ3) is 2.78. The molecule has 2 aromatic heterocycles. The van der Waals surface area contributed by atoms with E-state index in [1.807, 2.05) is 48.5 Å². The second-order valence-corrected chi connectivity index (χ2v) is 7.63. The zero-order valence-corrected chi connectivity index (χ0v) is 16.5. The number of H-pyrrole nitrogens is 1. The van der Waals surface area contributed by atoms with Gasteiger partial charge in [0.1, 0.15) is 0 Å². The lowest BCUT2D eigenvalue weighted by molar-refractivity contribution is 0.900. The Morgan fingerprint density at radius 3 is 2.73 bits per heavy atom. The van der Waals surface area contributed by atoms with E-state index >= 15 is 0 Å². The van der Waals surface area contributed by atoms with Crippen LogP contribution < -0.4 is 11.3 Å². The number of hydrogen-bond acceptors (Lipinski definition) is 5. The Bertz CT molecular complexity index is 1530. The lowest BCUT2D eigenvalue weighted by Gasteiger charge is -2.10. The van der Waals surface area contributed by atoms with Crippen molar-refractivity contribution in [2.75, 3.05) is 0 Å². The first-order chi connectivity index (χ1) is 14.7. The first kappa shape index (κ1) is 18.2. The third-order valence-corrected chi connectivity index (χ3v) is 6.03. The van der Waals surface area contributed by atoms with E-state index < -0.39 is 0 Å². The minimum atomic E-state index is -0.248. The largest absolute Gasteiger partial charge is 0.325 e. The molecule has 0 unspecified atom stereocenters. The molecule has 3 aromatic carbocycles. The fourth-order valence-electron chi connectivity index (χ4n) is 3.74. The number of hydrogen-bond donors (Lipinski definition) is 2. The summed E-state index contributed by atoms with van der Waals surface area (Å²) in [6.45, 7) is 8.00. The predicted molar refractivity (Wildman–Crippen MR) is 121 cm³/mol. The molecule has 0 saturated heterocycles. The number of nitrogens with two attached hydrogens (primary N) is 1. The second-order valence-electron chi connectivity index (χ2n) is 6.83. The molecule has 30 heavy (non-hydrogen) atoms. The summed E-state index contributed by atoms with van der Waals surface area (Å²) in [4.78, 5) is 16.9. The molecule has 7 heteroatoms. The van der Waals surface area contributed by atoms with Gasteiger partial charge in [0, 0.05) is 29.3 Å². The minimum Gasteiger partial charge on any atom is -0.325 e. The number of aromatic amines is 1. The van der Waals surface area contributed by atoms with E-state index in [4.69, 9.17) is 12.3 Å². The van der Waals surface area contributed by atoms with Gasteiger partial charge in [-0.1, -0.05) is 42.5 Å². The van der Waals surface area contributed by atoms with Crippen molar-refractivity contribution in [1.29, 1.82) is 0 Å². The Labute approximate surface area is 175 Å². The smallest absolute Gasteiger partial charge is 0.272 e. The quantitative estimate of drug-likeness (QED) is 0.416. The molecule has 6 nitrogen and oxygen atoms in total. The molecule has 0 saturated carbocycles. The van der Waals surface area contributed by atoms with Crippen molar-refractivity contribution in [3.05, 3.63) is 88.3 Å². The maximum Gasteiger partial charge on any atom is 0.272 e. The van der Waals surface area contributed by atoms with Crippen LogP contribution >= 0.6 is 11.5 Å². The van der Waals surface area contributed by atoms with Crippen molar-refractivity contribution in [3.63, 3.8) is 0 Å². The van der Waals surface area contributed by atoms with Crippen LogP contribution in [-0.2, 0) is 6.54 Å². The summed E-state index contributed by atoms with van der Waals surface area (Å²) in [5.74, 6) is 0. The molecule has 0 radical (unpaired) electrons. The Balaban J connectivity index is 1.75. The van der Waals surface area contributed by atoms with E-state index in [1.54, 1.807) is 12.3 Å². The summed E-state index contributed by atoms with van der Waals surface area (Å²) in [7, 11) is 0. The summed E-state index contributed by atoms with van der Waals surface area (Å²) in [5.41, 5.74) is 9.47. The number of benzene rings is 3. The van der Waals surface area contributed by atoms with Crippen LogP contribution in [0.1, 0.15) is 5.69 Å². The van der Waals surface area contributed by atoms with Crippen molar-refractivity contribution in [3.8, 4) is 21.6 Å². The van der Waals surface area contributed by atoms with E-state index in [0.29, 0.717) is 16.8 Å². The number of nitrogens with zero attached hydrogens (tertiary/aromatic N) is 3. The Hall–Kier alpha value is -3.86. The Morgan fingerprint density at radius 1 is 1.03 bits per heavy atom. The van der Waals surface area contributed by atoms with Gasteiger partial charge >= 0.3 is 0 Å². The normalized spacial score (nSPS) is 11.1. The predicted octanol–water partition coefficient (Wildman–Crippen LogP) is 4.88. The van der Waals surface area contributed by atoms with Crippen molar-refractivity contribution >= 4 is 38.8 Å². The van der Waals surface area contributed by atoms with Gasteiger partial charge in [0.15, 0.2) is 0 Å². The van der Waals surface area contributed by atoms with Gasteiger partial charge in [-0.05, 0) is 40.0 Å². The molecule has 0 amide bonds. The number of fused-ring (bicyclic) bond motifs is 2. The number of rotatable bonds is 3. The average Bonchev–Trinajstić information content (AvgIpc) is 3.28. The molecule has 0 fully saturated rings. The highest BCUT2D eigenvalue weighted by Gasteiger charge is 2.17. The highest BCUT2D eigenvalue weighted by molar-refractivity contribution is 7.10. The molecule has 2 heterocycles. The molecule has 5 rings (SSSR count). The number of nitrogens with one attached hydrogen (secondary N) is 1. The fraction of sp³-hybridized carbons (Fsp3) is 0.0435. The van der Waals surface area contributed by atoms with E-state index in [-0.39, 0.29) is 12.1 Å². The molecule has 0 aliphatic heterocycles. The zero-order valence-electron chi connectivity index (χ0n) is 15.7. The van der Waals surface area contributed by atoms with Gasteiger partial charge in [-0.25, -0.2) is 9.94 Å². The zero-order chi connectivity index (χ0) is 20.7. The summed E-state index contributed by atoms with van der Waals surface area (Å²) in [5, 5.41) is 9.78. The molecule has 0 aliphatic carbocycles. The highest BCUT2D eigenvalue weighted by Crippen LogP contribution is 2.43. The summed E-state index contributed by atoms with van der Waals surface area (Å²) < 4.78 is 4.40. The average molecular weight is 409 g/mol.